The van der Waals surface area contributed by atoms with E-state index in [4.69, 9.17) is 13.9 Å². The summed E-state index contributed by atoms with van der Waals surface area (Å²) in [7, 11) is 2.58. The van der Waals surface area contributed by atoms with E-state index in [1.807, 2.05) is 0 Å². The van der Waals surface area contributed by atoms with Crippen LogP contribution in [-0.4, -0.2) is 30.7 Å². The molecule has 3 heterocycles. The summed E-state index contributed by atoms with van der Waals surface area (Å²) >= 11 is 1.20. The normalized spacial score (nSPS) is 16.0. The van der Waals surface area contributed by atoms with Gasteiger partial charge in [-0.25, -0.2) is 14.6 Å². The number of esters is 2. The van der Waals surface area contributed by atoms with Gasteiger partial charge in [0.2, 0.25) is 0 Å². The fraction of sp³-hybridized carbons (Fsp3) is 0.182. The summed E-state index contributed by atoms with van der Waals surface area (Å²) in [5.41, 5.74) is 1.39. The minimum Gasteiger partial charge on any atom is -0.466 e. The third-order valence-electron chi connectivity index (χ3n) is 4.89. The highest BCUT2D eigenvalue weighted by molar-refractivity contribution is 7.07. The van der Waals surface area contributed by atoms with Crippen molar-refractivity contribution in [2.45, 2.75) is 13.0 Å². The number of benzene rings is 1. The zero-order valence-electron chi connectivity index (χ0n) is 16.9. The van der Waals surface area contributed by atoms with Crippen LogP contribution in [0.4, 0.5) is 0 Å². The largest absolute Gasteiger partial charge is 0.466 e. The summed E-state index contributed by atoms with van der Waals surface area (Å²) in [6, 6.07) is 9.26. The van der Waals surface area contributed by atoms with Crippen LogP contribution in [-0.2, 0) is 14.3 Å². The van der Waals surface area contributed by atoms with E-state index >= 15 is 0 Å². The molecule has 0 radical (unpaired) electrons. The average molecular weight is 438 g/mol. The van der Waals surface area contributed by atoms with E-state index in [1.54, 1.807) is 49.4 Å². The molecule has 1 aromatic carbocycles. The highest BCUT2D eigenvalue weighted by atomic mass is 32.1. The van der Waals surface area contributed by atoms with Gasteiger partial charge in [0.15, 0.2) is 4.80 Å². The lowest BCUT2D eigenvalue weighted by Gasteiger charge is -2.24. The van der Waals surface area contributed by atoms with E-state index in [1.165, 1.54) is 36.4 Å². The molecule has 0 N–H and O–H groups in total. The zero-order valence-corrected chi connectivity index (χ0v) is 17.8. The van der Waals surface area contributed by atoms with E-state index in [9.17, 15) is 14.4 Å². The van der Waals surface area contributed by atoms with Crippen LogP contribution in [0, 0.1) is 0 Å². The molecule has 1 atom stereocenters. The first-order chi connectivity index (χ1) is 14.9. The molecule has 0 bridgehead atoms. The van der Waals surface area contributed by atoms with Crippen molar-refractivity contribution in [3.8, 4) is 0 Å². The quantitative estimate of drug-likeness (QED) is 0.576. The third kappa shape index (κ3) is 3.64. The van der Waals surface area contributed by atoms with Crippen LogP contribution >= 0.6 is 11.3 Å². The Kier molecular flexibility index (Phi) is 5.43. The SMILES string of the molecule is COC(=O)C1=C(C)N=c2s/c(=C\c3ccco3)c(=O)n2[C@@H]1c1ccc(C(=O)OC)cc1. The molecule has 1 aliphatic heterocycles. The first kappa shape index (κ1) is 20.5. The smallest absolute Gasteiger partial charge is 0.338 e. The molecular formula is C22H18N2O6S. The average Bonchev–Trinajstić information content (AvgIpc) is 3.40. The summed E-state index contributed by atoms with van der Waals surface area (Å²) in [5.74, 6) is -0.523. The molecule has 3 aromatic rings. The summed E-state index contributed by atoms with van der Waals surface area (Å²) in [4.78, 5) is 42.6. The van der Waals surface area contributed by atoms with Gasteiger partial charge in [-0.1, -0.05) is 23.5 Å². The number of nitrogens with zero attached hydrogens (tertiary/aromatic N) is 2. The van der Waals surface area contributed by atoms with Gasteiger partial charge >= 0.3 is 11.9 Å². The molecule has 158 valence electrons. The van der Waals surface area contributed by atoms with Crippen molar-refractivity contribution >= 4 is 29.4 Å². The van der Waals surface area contributed by atoms with Gasteiger partial charge in [0.25, 0.3) is 5.56 Å². The molecule has 2 aromatic heterocycles. The first-order valence-corrected chi connectivity index (χ1v) is 10.1. The monoisotopic (exact) mass is 438 g/mol. The van der Waals surface area contributed by atoms with Crippen molar-refractivity contribution in [2.24, 2.45) is 4.99 Å². The number of fused-ring (bicyclic) bond motifs is 1. The number of rotatable bonds is 4. The second kappa shape index (κ2) is 8.19. The number of ether oxygens (including phenoxy) is 2. The van der Waals surface area contributed by atoms with Crippen LogP contribution in [0.25, 0.3) is 6.08 Å². The second-order valence-electron chi connectivity index (χ2n) is 6.70. The highest BCUT2D eigenvalue weighted by Crippen LogP contribution is 2.30. The number of carbonyl (C=O) groups excluding carboxylic acids is 2. The van der Waals surface area contributed by atoms with Crippen molar-refractivity contribution < 1.29 is 23.5 Å². The number of methoxy groups -OCH3 is 2. The molecular weight excluding hydrogens is 420 g/mol. The Morgan fingerprint density at radius 2 is 1.84 bits per heavy atom. The number of hydrogen-bond acceptors (Lipinski definition) is 8. The lowest BCUT2D eigenvalue weighted by molar-refractivity contribution is -0.136. The molecule has 0 saturated carbocycles. The van der Waals surface area contributed by atoms with Gasteiger partial charge < -0.3 is 13.9 Å². The summed E-state index contributed by atoms with van der Waals surface area (Å²) in [6.45, 7) is 1.70. The number of hydrogen-bond donors (Lipinski definition) is 0. The molecule has 0 amide bonds. The maximum Gasteiger partial charge on any atom is 0.338 e. The summed E-state index contributed by atoms with van der Waals surface area (Å²) in [6.07, 6.45) is 3.16. The fourth-order valence-electron chi connectivity index (χ4n) is 3.43. The molecule has 0 unspecified atom stereocenters. The van der Waals surface area contributed by atoms with Gasteiger partial charge in [0, 0.05) is 6.08 Å². The summed E-state index contributed by atoms with van der Waals surface area (Å²) < 4.78 is 16.9. The molecule has 0 fully saturated rings. The number of aromatic nitrogens is 1. The fourth-order valence-corrected chi connectivity index (χ4v) is 4.46. The van der Waals surface area contributed by atoms with E-state index in [0.717, 1.165) is 0 Å². The standard InChI is InChI=1S/C22H18N2O6S/c1-12-17(21(27)29-3)18(13-6-8-14(9-7-13)20(26)28-2)24-19(25)16(31-22(24)23-12)11-15-5-4-10-30-15/h4-11,18H,1-3H3/b16-11-/t18-/m1/s1. The zero-order chi connectivity index (χ0) is 22.1. The van der Waals surface area contributed by atoms with Crippen molar-refractivity contribution in [3.63, 3.8) is 0 Å². The Balaban J connectivity index is 1.94. The minimum absolute atomic E-state index is 0.255. The Bertz CT molecular complexity index is 1360. The van der Waals surface area contributed by atoms with Crippen LogP contribution in [0.2, 0.25) is 0 Å². The van der Waals surface area contributed by atoms with Gasteiger partial charge in [-0.3, -0.25) is 9.36 Å². The lowest BCUT2D eigenvalue weighted by Crippen LogP contribution is -2.39. The van der Waals surface area contributed by atoms with Crippen molar-refractivity contribution in [2.75, 3.05) is 14.2 Å². The predicted octanol–water partition coefficient (Wildman–Crippen LogP) is 1.79. The molecule has 8 nitrogen and oxygen atoms in total. The van der Waals surface area contributed by atoms with Crippen LogP contribution in [0.15, 0.2) is 68.1 Å². The van der Waals surface area contributed by atoms with Crippen LogP contribution in [0.5, 0.6) is 0 Å². The Morgan fingerprint density at radius 3 is 2.45 bits per heavy atom. The molecule has 0 saturated heterocycles. The second-order valence-corrected chi connectivity index (χ2v) is 7.71. The van der Waals surface area contributed by atoms with Gasteiger partial charge in [-0.05, 0) is 36.8 Å². The Morgan fingerprint density at radius 1 is 1.13 bits per heavy atom. The molecule has 0 spiro atoms. The van der Waals surface area contributed by atoms with Crippen LogP contribution in [0.3, 0.4) is 0 Å². The minimum atomic E-state index is -0.755. The lowest BCUT2D eigenvalue weighted by atomic mass is 9.95. The van der Waals surface area contributed by atoms with Gasteiger partial charge in [0.1, 0.15) is 5.76 Å². The number of allylic oxidation sites excluding steroid dienone is 1. The van der Waals surface area contributed by atoms with Crippen molar-refractivity contribution in [1.29, 1.82) is 0 Å². The first-order valence-electron chi connectivity index (χ1n) is 9.27. The topological polar surface area (TPSA) is 100 Å². The molecule has 31 heavy (non-hydrogen) atoms. The molecule has 4 rings (SSSR count). The number of carbonyl (C=O) groups is 2. The Labute approximate surface area is 180 Å². The third-order valence-corrected chi connectivity index (χ3v) is 5.87. The number of thiazole rings is 1. The maximum atomic E-state index is 13.3. The highest BCUT2D eigenvalue weighted by Gasteiger charge is 2.33. The summed E-state index contributed by atoms with van der Waals surface area (Å²) in [5, 5.41) is 0. The van der Waals surface area contributed by atoms with E-state index < -0.39 is 18.0 Å². The van der Waals surface area contributed by atoms with Crippen LogP contribution in [0.1, 0.15) is 34.6 Å². The van der Waals surface area contributed by atoms with Gasteiger partial charge in [0.05, 0.1) is 47.9 Å². The van der Waals surface area contributed by atoms with Gasteiger partial charge in [-0.2, -0.15) is 0 Å². The van der Waals surface area contributed by atoms with E-state index in [0.29, 0.717) is 31.9 Å². The van der Waals surface area contributed by atoms with Crippen LogP contribution < -0.4 is 14.9 Å². The number of furan rings is 1. The van der Waals surface area contributed by atoms with E-state index in [2.05, 4.69) is 4.99 Å². The van der Waals surface area contributed by atoms with Crippen molar-refractivity contribution in [3.05, 3.63) is 90.5 Å². The molecule has 0 aliphatic carbocycles. The molecule has 9 heteroatoms. The maximum absolute atomic E-state index is 13.3. The predicted molar refractivity (Wildman–Crippen MR) is 112 cm³/mol. The van der Waals surface area contributed by atoms with E-state index in [-0.39, 0.29) is 11.1 Å². The van der Waals surface area contributed by atoms with Crippen molar-refractivity contribution in [1.82, 2.24) is 4.57 Å². The van der Waals surface area contributed by atoms with Gasteiger partial charge in [-0.15, -0.1) is 0 Å². The molecule has 1 aliphatic rings. The Hall–Kier alpha value is -3.72.